The van der Waals surface area contributed by atoms with E-state index in [2.05, 4.69) is 70.0 Å². The zero-order valence-corrected chi connectivity index (χ0v) is 14.6. The number of likely N-dealkylation sites (N-methyl/N-ethyl adjacent to an activating group) is 1. The largest absolute Gasteiger partial charge is 0.492 e. The van der Waals surface area contributed by atoms with Crippen molar-refractivity contribution in [3.8, 4) is 5.75 Å². The Morgan fingerprint density at radius 3 is 2.43 bits per heavy atom. The zero-order chi connectivity index (χ0) is 15.9. The Morgan fingerprint density at radius 2 is 1.86 bits per heavy atom. The number of benzene rings is 1. The highest BCUT2D eigenvalue weighted by atomic mass is 16.5. The van der Waals surface area contributed by atoms with Gasteiger partial charge in [0.25, 0.3) is 0 Å². The lowest BCUT2D eigenvalue weighted by Crippen LogP contribution is -2.35. The summed E-state index contributed by atoms with van der Waals surface area (Å²) in [7, 11) is 0. The normalized spacial score (nSPS) is 12.2. The van der Waals surface area contributed by atoms with Crippen LogP contribution in [0.15, 0.2) is 24.3 Å². The van der Waals surface area contributed by atoms with E-state index in [0.717, 1.165) is 32.0 Å². The molecule has 0 fully saturated rings. The second kappa shape index (κ2) is 8.40. The summed E-state index contributed by atoms with van der Waals surface area (Å²) < 4.78 is 6.00. The monoisotopic (exact) mass is 292 g/mol. The minimum Gasteiger partial charge on any atom is -0.492 e. The molecule has 120 valence electrons. The fourth-order valence-electron chi connectivity index (χ4n) is 2.21. The van der Waals surface area contributed by atoms with Crippen LogP contribution in [0.2, 0.25) is 0 Å². The molecule has 0 saturated heterocycles. The summed E-state index contributed by atoms with van der Waals surface area (Å²) in [5, 5.41) is 3.52. The van der Waals surface area contributed by atoms with Gasteiger partial charge in [0.15, 0.2) is 0 Å². The summed E-state index contributed by atoms with van der Waals surface area (Å²) in [5.41, 5.74) is 1.34. The van der Waals surface area contributed by atoms with Crippen LogP contribution in [-0.2, 0) is 6.54 Å². The number of hydrogen-bond acceptors (Lipinski definition) is 3. The average molecular weight is 292 g/mol. The average Bonchev–Trinajstić information content (AvgIpc) is 2.41. The number of hydrogen-bond donors (Lipinski definition) is 1. The Hall–Kier alpha value is -1.06. The first-order chi connectivity index (χ1) is 9.83. The van der Waals surface area contributed by atoms with Crippen molar-refractivity contribution in [2.75, 3.05) is 19.7 Å². The second-order valence-electron chi connectivity index (χ2n) is 6.78. The Labute approximate surface area is 130 Å². The van der Waals surface area contributed by atoms with Gasteiger partial charge in [-0.05, 0) is 47.2 Å². The molecule has 1 N–H and O–H groups in total. The van der Waals surface area contributed by atoms with E-state index in [1.54, 1.807) is 0 Å². The minimum absolute atomic E-state index is 0.115. The van der Waals surface area contributed by atoms with Crippen molar-refractivity contribution in [2.24, 2.45) is 0 Å². The van der Waals surface area contributed by atoms with Crippen LogP contribution in [0.5, 0.6) is 5.75 Å². The van der Waals surface area contributed by atoms with Gasteiger partial charge in [-0.25, -0.2) is 0 Å². The van der Waals surface area contributed by atoms with E-state index in [-0.39, 0.29) is 5.54 Å². The van der Waals surface area contributed by atoms with Crippen molar-refractivity contribution in [1.82, 2.24) is 10.2 Å². The van der Waals surface area contributed by atoms with Crippen molar-refractivity contribution in [1.29, 1.82) is 0 Å². The van der Waals surface area contributed by atoms with E-state index < -0.39 is 0 Å². The number of nitrogens with one attached hydrogen (secondary N) is 1. The molecule has 0 aliphatic rings. The molecule has 0 unspecified atom stereocenters. The second-order valence-corrected chi connectivity index (χ2v) is 6.78. The highest BCUT2D eigenvalue weighted by Crippen LogP contribution is 2.18. The third-order valence-electron chi connectivity index (χ3n) is 3.55. The molecule has 0 bridgehead atoms. The van der Waals surface area contributed by atoms with Crippen LogP contribution in [0.3, 0.4) is 0 Å². The number of nitrogens with zero attached hydrogens (tertiary/aromatic N) is 1. The molecule has 3 nitrogen and oxygen atoms in total. The molecule has 21 heavy (non-hydrogen) atoms. The fraction of sp³-hybridized carbons (Fsp3) is 0.667. The quantitative estimate of drug-likeness (QED) is 0.791. The van der Waals surface area contributed by atoms with Crippen LogP contribution in [0.25, 0.3) is 0 Å². The maximum absolute atomic E-state index is 6.00. The summed E-state index contributed by atoms with van der Waals surface area (Å²) in [6.07, 6.45) is 0. The number of para-hydroxylation sites is 1. The van der Waals surface area contributed by atoms with Crippen molar-refractivity contribution < 1.29 is 4.74 Å². The summed E-state index contributed by atoms with van der Waals surface area (Å²) in [6, 6.07) is 8.87. The summed E-state index contributed by atoms with van der Waals surface area (Å²) in [6.45, 7) is 16.8. The van der Waals surface area contributed by atoms with Gasteiger partial charge >= 0.3 is 0 Å². The molecule has 0 radical (unpaired) electrons. The van der Waals surface area contributed by atoms with E-state index in [1.165, 1.54) is 5.56 Å². The fourth-order valence-corrected chi connectivity index (χ4v) is 2.21. The third kappa shape index (κ3) is 6.96. The van der Waals surface area contributed by atoms with Crippen molar-refractivity contribution in [2.45, 2.75) is 59.7 Å². The molecule has 0 spiro atoms. The van der Waals surface area contributed by atoms with E-state index in [9.17, 15) is 0 Å². The van der Waals surface area contributed by atoms with E-state index >= 15 is 0 Å². The van der Waals surface area contributed by atoms with Crippen molar-refractivity contribution in [3.63, 3.8) is 0 Å². The van der Waals surface area contributed by atoms with Gasteiger partial charge in [0, 0.05) is 30.2 Å². The van der Waals surface area contributed by atoms with Gasteiger partial charge in [-0.1, -0.05) is 25.1 Å². The van der Waals surface area contributed by atoms with Gasteiger partial charge in [-0.2, -0.15) is 0 Å². The number of rotatable bonds is 8. The Bertz CT molecular complexity index is 410. The first-order valence-corrected chi connectivity index (χ1v) is 8.03. The van der Waals surface area contributed by atoms with E-state index in [4.69, 9.17) is 4.74 Å². The molecule has 0 amide bonds. The molecule has 1 aromatic rings. The van der Waals surface area contributed by atoms with Crippen molar-refractivity contribution in [3.05, 3.63) is 29.8 Å². The summed E-state index contributed by atoms with van der Waals surface area (Å²) >= 11 is 0. The first-order valence-electron chi connectivity index (χ1n) is 8.03. The molecule has 1 rings (SSSR count). The van der Waals surface area contributed by atoms with Crippen LogP contribution in [0, 0.1) is 0 Å². The Balaban J connectivity index is 2.55. The Morgan fingerprint density at radius 1 is 1.19 bits per heavy atom. The topological polar surface area (TPSA) is 24.5 Å². The van der Waals surface area contributed by atoms with Gasteiger partial charge < -0.3 is 10.1 Å². The van der Waals surface area contributed by atoms with Crippen LogP contribution >= 0.6 is 0 Å². The van der Waals surface area contributed by atoms with Crippen LogP contribution in [0.1, 0.15) is 47.1 Å². The van der Waals surface area contributed by atoms with Gasteiger partial charge in [0.1, 0.15) is 12.4 Å². The van der Waals surface area contributed by atoms with Gasteiger partial charge in [0.2, 0.25) is 0 Å². The molecule has 0 heterocycles. The maximum Gasteiger partial charge on any atom is 0.123 e. The van der Waals surface area contributed by atoms with E-state index in [0.29, 0.717) is 6.04 Å². The smallest absolute Gasteiger partial charge is 0.123 e. The van der Waals surface area contributed by atoms with Gasteiger partial charge in [0.05, 0.1) is 0 Å². The van der Waals surface area contributed by atoms with Crippen LogP contribution in [0.4, 0.5) is 0 Å². The standard InChI is InChI=1S/C18H32N2O/c1-7-20(15(2)3)12-13-21-17-11-9-8-10-16(17)14-19-18(4,5)6/h8-11,15,19H,7,12-14H2,1-6H3. The zero-order valence-electron chi connectivity index (χ0n) is 14.6. The molecule has 0 aromatic heterocycles. The van der Waals surface area contributed by atoms with E-state index in [1.807, 2.05) is 6.07 Å². The highest BCUT2D eigenvalue weighted by Gasteiger charge is 2.11. The van der Waals surface area contributed by atoms with Gasteiger partial charge in [-0.15, -0.1) is 0 Å². The predicted molar refractivity (Wildman–Crippen MR) is 90.9 cm³/mol. The molecule has 0 atom stereocenters. The molecule has 0 aliphatic heterocycles. The molecule has 1 aromatic carbocycles. The number of ether oxygens (including phenoxy) is 1. The molecular weight excluding hydrogens is 260 g/mol. The van der Waals surface area contributed by atoms with Crippen LogP contribution in [-0.4, -0.2) is 36.2 Å². The predicted octanol–water partition coefficient (Wildman–Crippen LogP) is 3.68. The molecular formula is C18H32N2O. The Kier molecular flexibility index (Phi) is 7.20. The molecule has 0 aliphatic carbocycles. The summed E-state index contributed by atoms with van der Waals surface area (Å²) in [5.74, 6) is 0.994. The van der Waals surface area contributed by atoms with Crippen molar-refractivity contribution >= 4 is 0 Å². The first kappa shape index (κ1) is 18.0. The lowest BCUT2D eigenvalue weighted by atomic mass is 10.1. The molecule has 3 heteroatoms. The third-order valence-corrected chi connectivity index (χ3v) is 3.55. The highest BCUT2D eigenvalue weighted by molar-refractivity contribution is 5.33. The van der Waals surface area contributed by atoms with Gasteiger partial charge in [-0.3, -0.25) is 4.90 Å². The minimum atomic E-state index is 0.115. The summed E-state index contributed by atoms with van der Waals surface area (Å²) in [4.78, 5) is 2.41. The van der Waals surface area contributed by atoms with Crippen LogP contribution < -0.4 is 10.1 Å². The lowest BCUT2D eigenvalue weighted by Gasteiger charge is -2.25. The SMILES string of the molecule is CCN(CCOc1ccccc1CNC(C)(C)C)C(C)C. The lowest BCUT2D eigenvalue weighted by molar-refractivity contribution is 0.182. The molecule has 0 saturated carbocycles. The maximum atomic E-state index is 6.00.